The number of aromatic nitrogens is 2. The minimum atomic E-state index is 0.0691. The fraction of sp³-hybridized carbons (Fsp3) is 0.524. The largest absolute Gasteiger partial charge is 0.310 e. The van der Waals surface area contributed by atoms with Crippen molar-refractivity contribution in [2.24, 2.45) is 0 Å². The van der Waals surface area contributed by atoms with Gasteiger partial charge in [-0.2, -0.15) is 0 Å². The first kappa shape index (κ1) is 16.5. The number of benzene rings is 1. The van der Waals surface area contributed by atoms with Crippen LogP contribution in [0.5, 0.6) is 0 Å². The van der Waals surface area contributed by atoms with Crippen LogP contribution >= 0.6 is 0 Å². The zero-order chi connectivity index (χ0) is 17.6. The predicted molar refractivity (Wildman–Crippen MR) is 99.8 cm³/mol. The van der Waals surface area contributed by atoms with E-state index < -0.39 is 0 Å². The van der Waals surface area contributed by atoms with Crippen LogP contribution in [0.25, 0.3) is 0 Å². The second-order valence-corrected chi connectivity index (χ2v) is 8.56. The Morgan fingerprint density at radius 1 is 1.20 bits per heavy atom. The van der Waals surface area contributed by atoms with Crippen LogP contribution in [0.3, 0.4) is 0 Å². The van der Waals surface area contributed by atoms with E-state index in [-0.39, 0.29) is 11.0 Å². The highest BCUT2D eigenvalue weighted by Crippen LogP contribution is 2.37. The lowest BCUT2D eigenvalue weighted by atomic mass is 9.86. The monoisotopic (exact) mass is 337 g/mol. The Morgan fingerprint density at radius 3 is 2.56 bits per heavy atom. The van der Waals surface area contributed by atoms with Gasteiger partial charge in [-0.15, -0.1) is 0 Å². The summed E-state index contributed by atoms with van der Waals surface area (Å²) < 4.78 is 0. The van der Waals surface area contributed by atoms with Crippen molar-refractivity contribution in [1.82, 2.24) is 14.9 Å². The molecule has 4 heteroatoms. The number of hydrogen-bond acceptors (Lipinski definition) is 3. The van der Waals surface area contributed by atoms with Crippen molar-refractivity contribution in [3.05, 3.63) is 62.8 Å². The van der Waals surface area contributed by atoms with E-state index in [0.717, 1.165) is 36.6 Å². The van der Waals surface area contributed by atoms with Crippen LogP contribution in [0, 0.1) is 0 Å². The van der Waals surface area contributed by atoms with Gasteiger partial charge in [-0.05, 0) is 29.4 Å². The summed E-state index contributed by atoms with van der Waals surface area (Å²) in [5.41, 5.74) is 4.79. The quantitative estimate of drug-likeness (QED) is 0.932. The molecule has 25 heavy (non-hydrogen) atoms. The fourth-order valence-corrected chi connectivity index (χ4v) is 3.55. The average Bonchev–Trinajstić information content (AvgIpc) is 3.40. The summed E-state index contributed by atoms with van der Waals surface area (Å²) in [5.74, 6) is 1.41. The van der Waals surface area contributed by atoms with Crippen molar-refractivity contribution in [3.8, 4) is 0 Å². The highest BCUT2D eigenvalue weighted by molar-refractivity contribution is 5.28. The Labute approximate surface area is 149 Å². The van der Waals surface area contributed by atoms with Gasteiger partial charge in [0.2, 0.25) is 0 Å². The first-order valence-corrected chi connectivity index (χ1v) is 9.34. The van der Waals surface area contributed by atoms with Crippen LogP contribution in [0.2, 0.25) is 0 Å². The molecule has 0 atom stereocenters. The molecule has 2 aliphatic rings. The highest BCUT2D eigenvalue weighted by Gasteiger charge is 2.29. The molecule has 2 aromatic rings. The second-order valence-electron chi connectivity index (χ2n) is 8.56. The smallest absolute Gasteiger partial charge is 0.255 e. The van der Waals surface area contributed by atoms with Gasteiger partial charge in [0.05, 0.1) is 11.3 Å². The molecule has 0 amide bonds. The van der Waals surface area contributed by atoms with Crippen LogP contribution in [0.1, 0.15) is 67.7 Å². The molecule has 0 saturated heterocycles. The van der Waals surface area contributed by atoms with Crippen LogP contribution < -0.4 is 5.56 Å². The van der Waals surface area contributed by atoms with E-state index in [4.69, 9.17) is 4.98 Å². The number of rotatable bonds is 3. The molecule has 2 heterocycles. The van der Waals surface area contributed by atoms with E-state index in [2.05, 4.69) is 54.9 Å². The first-order chi connectivity index (χ1) is 11.9. The predicted octanol–water partition coefficient (Wildman–Crippen LogP) is 3.50. The van der Waals surface area contributed by atoms with E-state index in [1.807, 2.05) is 0 Å². The molecule has 0 radical (unpaired) electrons. The van der Waals surface area contributed by atoms with Crippen LogP contribution in [0.4, 0.5) is 0 Å². The van der Waals surface area contributed by atoms with Gasteiger partial charge in [-0.3, -0.25) is 9.69 Å². The Bertz CT molecular complexity index is 826. The van der Waals surface area contributed by atoms with Gasteiger partial charge < -0.3 is 4.98 Å². The van der Waals surface area contributed by atoms with Crippen molar-refractivity contribution < 1.29 is 0 Å². The summed E-state index contributed by atoms with van der Waals surface area (Å²) in [5, 5.41) is 0. The summed E-state index contributed by atoms with van der Waals surface area (Å²) in [6.07, 6.45) is 3.20. The summed E-state index contributed by atoms with van der Waals surface area (Å²) in [6.45, 7) is 9.25. The molecule has 1 N–H and O–H groups in total. The number of hydrogen-bond donors (Lipinski definition) is 1. The molecule has 1 aliphatic heterocycles. The van der Waals surface area contributed by atoms with Crippen molar-refractivity contribution >= 4 is 0 Å². The van der Waals surface area contributed by atoms with E-state index in [0.29, 0.717) is 12.5 Å². The van der Waals surface area contributed by atoms with Gasteiger partial charge in [0, 0.05) is 32.0 Å². The molecule has 132 valence electrons. The summed E-state index contributed by atoms with van der Waals surface area (Å²) in [6, 6.07) is 8.89. The summed E-state index contributed by atoms with van der Waals surface area (Å²) in [7, 11) is 0. The van der Waals surface area contributed by atoms with Crippen LogP contribution in [0.15, 0.2) is 29.1 Å². The molecule has 1 aliphatic carbocycles. The Morgan fingerprint density at radius 2 is 1.92 bits per heavy atom. The molecule has 4 rings (SSSR count). The minimum Gasteiger partial charge on any atom is -0.310 e. The number of nitrogens with zero attached hydrogens (tertiary/aromatic N) is 2. The van der Waals surface area contributed by atoms with Crippen molar-refractivity contribution in [1.29, 1.82) is 0 Å². The Kier molecular flexibility index (Phi) is 4.03. The third-order valence-electron chi connectivity index (χ3n) is 5.36. The topological polar surface area (TPSA) is 49.0 Å². The van der Waals surface area contributed by atoms with Gasteiger partial charge in [0.1, 0.15) is 5.82 Å². The molecule has 0 spiro atoms. The third-order valence-corrected chi connectivity index (χ3v) is 5.36. The van der Waals surface area contributed by atoms with Crippen LogP contribution in [-0.2, 0) is 24.9 Å². The molecule has 1 fully saturated rings. The maximum atomic E-state index is 12.4. The van der Waals surface area contributed by atoms with Crippen molar-refractivity contribution in [2.45, 2.75) is 64.5 Å². The van der Waals surface area contributed by atoms with Gasteiger partial charge in [-0.1, -0.05) is 45.0 Å². The highest BCUT2D eigenvalue weighted by atomic mass is 16.1. The van der Waals surface area contributed by atoms with Gasteiger partial charge >= 0.3 is 0 Å². The lowest BCUT2D eigenvalue weighted by Crippen LogP contribution is -2.35. The van der Waals surface area contributed by atoms with E-state index in [1.165, 1.54) is 24.0 Å². The van der Waals surface area contributed by atoms with Gasteiger partial charge in [-0.25, -0.2) is 4.98 Å². The number of fused-ring (bicyclic) bond motifs is 1. The number of nitrogens with one attached hydrogen (secondary N) is 1. The second kappa shape index (κ2) is 6.10. The number of aromatic amines is 1. The standard InChI is InChI=1S/C21H27N3O/c1-21(2,3)16-8-4-14(5-9-16)12-24-11-10-18-17(13-24)20(25)23-19(22-18)15-6-7-15/h4-5,8-9,15H,6-7,10-13H2,1-3H3,(H,22,23,25). The molecule has 0 bridgehead atoms. The zero-order valence-electron chi connectivity index (χ0n) is 15.4. The Balaban J connectivity index is 1.48. The van der Waals surface area contributed by atoms with E-state index in [9.17, 15) is 4.79 Å². The van der Waals surface area contributed by atoms with E-state index >= 15 is 0 Å². The minimum absolute atomic E-state index is 0.0691. The maximum Gasteiger partial charge on any atom is 0.255 e. The third kappa shape index (κ3) is 3.54. The number of H-pyrrole nitrogens is 1. The van der Waals surface area contributed by atoms with Gasteiger partial charge in [0.15, 0.2) is 0 Å². The lowest BCUT2D eigenvalue weighted by Gasteiger charge is -2.28. The first-order valence-electron chi connectivity index (χ1n) is 9.34. The van der Waals surface area contributed by atoms with Crippen molar-refractivity contribution in [2.75, 3.05) is 6.54 Å². The van der Waals surface area contributed by atoms with Gasteiger partial charge in [0.25, 0.3) is 5.56 Å². The molecule has 1 saturated carbocycles. The average molecular weight is 337 g/mol. The van der Waals surface area contributed by atoms with E-state index in [1.54, 1.807) is 0 Å². The normalized spacial score (nSPS) is 18.2. The van der Waals surface area contributed by atoms with Crippen LogP contribution in [-0.4, -0.2) is 21.4 Å². The van der Waals surface area contributed by atoms with Crippen molar-refractivity contribution in [3.63, 3.8) is 0 Å². The molecular formula is C21H27N3O. The molecule has 1 aromatic carbocycles. The fourth-order valence-electron chi connectivity index (χ4n) is 3.55. The SMILES string of the molecule is CC(C)(C)c1ccc(CN2CCc3nc(C4CC4)[nH]c(=O)c3C2)cc1. The zero-order valence-corrected chi connectivity index (χ0v) is 15.4. The summed E-state index contributed by atoms with van der Waals surface area (Å²) >= 11 is 0. The maximum absolute atomic E-state index is 12.4. The molecule has 0 unspecified atom stereocenters. The summed E-state index contributed by atoms with van der Waals surface area (Å²) in [4.78, 5) is 22.5. The Hall–Kier alpha value is -1.94. The molecular weight excluding hydrogens is 310 g/mol. The lowest BCUT2D eigenvalue weighted by molar-refractivity contribution is 0.241. The molecule has 4 nitrogen and oxygen atoms in total. The molecule has 1 aromatic heterocycles.